The average Bonchev–Trinajstić information content (AvgIpc) is 2.11. The van der Waals surface area contributed by atoms with Crippen LogP contribution in [-0.4, -0.2) is 41.5 Å². The van der Waals surface area contributed by atoms with Gasteiger partial charge in [-0.15, -0.1) is 0 Å². The van der Waals surface area contributed by atoms with Crippen LogP contribution in [0.4, 0.5) is 0 Å². The molecule has 1 rings (SSSR count). The first-order chi connectivity index (χ1) is 7.08. The van der Waals surface area contributed by atoms with Crippen molar-refractivity contribution in [3.63, 3.8) is 0 Å². The molecule has 1 heterocycles. The summed E-state index contributed by atoms with van der Waals surface area (Å²) in [6, 6.07) is 0. The van der Waals surface area contributed by atoms with E-state index in [1.807, 2.05) is 6.92 Å². The molecule has 3 N–H and O–H groups in total. The molecule has 5 heteroatoms. The van der Waals surface area contributed by atoms with Gasteiger partial charge in [-0.1, -0.05) is 13.3 Å². The largest absolute Gasteiger partial charge is 0.481 e. The van der Waals surface area contributed by atoms with Gasteiger partial charge < -0.3 is 15.7 Å². The minimum atomic E-state index is -0.815. The number of rotatable bonds is 5. The lowest BCUT2D eigenvalue weighted by atomic mass is 9.96. The first-order valence-corrected chi connectivity index (χ1v) is 5.29. The van der Waals surface area contributed by atoms with E-state index in [1.165, 1.54) is 0 Å². The summed E-state index contributed by atoms with van der Waals surface area (Å²) >= 11 is 0. The van der Waals surface area contributed by atoms with Crippen LogP contribution in [0.15, 0.2) is 0 Å². The second-order valence-electron chi connectivity index (χ2n) is 4.05. The monoisotopic (exact) mass is 214 g/mol. The van der Waals surface area contributed by atoms with E-state index in [1.54, 1.807) is 4.90 Å². The Labute approximate surface area is 89.2 Å². The Balaban J connectivity index is 2.29. The quantitative estimate of drug-likeness (QED) is 0.669. The number of hydrogen-bond acceptors (Lipinski definition) is 3. The van der Waals surface area contributed by atoms with Crippen LogP contribution in [0.25, 0.3) is 0 Å². The third kappa shape index (κ3) is 2.92. The van der Waals surface area contributed by atoms with Gasteiger partial charge in [0.15, 0.2) is 0 Å². The lowest BCUT2D eigenvalue weighted by molar-refractivity contribution is -0.153. The molecule has 5 nitrogen and oxygen atoms in total. The minimum Gasteiger partial charge on any atom is -0.481 e. The van der Waals surface area contributed by atoms with Gasteiger partial charge >= 0.3 is 5.97 Å². The molecule has 1 aliphatic heterocycles. The van der Waals surface area contributed by atoms with Crippen molar-refractivity contribution in [3.8, 4) is 0 Å². The molecular weight excluding hydrogens is 196 g/mol. The molecule has 0 spiro atoms. The van der Waals surface area contributed by atoms with Gasteiger partial charge in [-0.3, -0.25) is 9.59 Å². The summed E-state index contributed by atoms with van der Waals surface area (Å²) < 4.78 is 0. The normalized spacial score (nSPS) is 18.4. The molecule has 1 aliphatic rings. The Morgan fingerprint density at radius 1 is 1.53 bits per heavy atom. The Hall–Kier alpha value is -1.10. The van der Waals surface area contributed by atoms with Gasteiger partial charge in [0.25, 0.3) is 0 Å². The van der Waals surface area contributed by atoms with E-state index in [0.717, 1.165) is 6.42 Å². The molecule has 15 heavy (non-hydrogen) atoms. The smallest absolute Gasteiger partial charge is 0.310 e. The van der Waals surface area contributed by atoms with Crippen molar-refractivity contribution >= 4 is 11.9 Å². The van der Waals surface area contributed by atoms with Crippen LogP contribution < -0.4 is 5.73 Å². The molecule has 0 saturated carbocycles. The number of carbonyl (C=O) groups excluding carboxylic acids is 1. The van der Waals surface area contributed by atoms with Gasteiger partial charge in [0, 0.05) is 19.5 Å². The zero-order valence-corrected chi connectivity index (χ0v) is 8.98. The van der Waals surface area contributed by atoms with Crippen LogP contribution in [0.5, 0.6) is 0 Å². The number of nitrogens with zero attached hydrogens (tertiary/aromatic N) is 1. The van der Waals surface area contributed by atoms with E-state index >= 15 is 0 Å². The number of carboxylic acid groups (broad SMARTS) is 1. The number of amides is 1. The summed E-state index contributed by atoms with van der Waals surface area (Å²) in [4.78, 5) is 23.7. The van der Waals surface area contributed by atoms with Gasteiger partial charge in [-0.2, -0.15) is 0 Å². The van der Waals surface area contributed by atoms with E-state index in [9.17, 15) is 9.59 Å². The minimum absolute atomic E-state index is 0.0322. The average molecular weight is 214 g/mol. The number of hydrogen-bond donors (Lipinski definition) is 2. The molecule has 0 radical (unpaired) electrons. The van der Waals surface area contributed by atoms with Crippen LogP contribution in [0.3, 0.4) is 0 Å². The molecule has 1 amide bonds. The van der Waals surface area contributed by atoms with E-state index in [0.29, 0.717) is 26.1 Å². The molecule has 0 aliphatic carbocycles. The SMILES string of the molecule is CCC(CN)CC(=O)N1CC(C(=O)O)C1. The number of nitrogens with two attached hydrogens (primary N) is 1. The second kappa shape index (κ2) is 5.11. The lowest BCUT2D eigenvalue weighted by Gasteiger charge is -2.37. The standard InChI is InChI=1S/C10H18N2O3/c1-2-7(4-11)3-9(13)12-5-8(6-12)10(14)15/h7-8H,2-6,11H2,1H3,(H,14,15). The van der Waals surface area contributed by atoms with Gasteiger partial charge in [0.1, 0.15) is 0 Å². The van der Waals surface area contributed by atoms with Crippen molar-refractivity contribution in [2.75, 3.05) is 19.6 Å². The number of carboxylic acids is 1. The second-order valence-corrected chi connectivity index (χ2v) is 4.05. The van der Waals surface area contributed by atoms with Crippen LogP contribution in [0, 0.1) is 11.8 Å². The molecule has 1 saturated heterocycles. The van der Waals surface area contributed by atoms with Crippen LogP contribution in [0.1, 0.15) is 19.8 Å². The zero-order chi connectivity index (χ0) is 11.4. The molecular formula is C10H18N2O3. The fraction of sp³-hybridized carbons (Fsp3) is 0.800. The molecule has 0 aromatic heterocycles. The molecule has 0 bridgehead atoms. The van der Waals surface area contributed by atoms with Crippen molar-refractivity contribution in [1.82, 2.24) is 4.90 Å². The Bertz CT molecular complexity index is 245. The van der Waals surface area contributed by atoms with Gasteiger partial charge in [-0.05, 0) is 12.5 Å². The highest BCUT2D eigenvalue weighted by molar-refractivity contribution is 5.81. The van der Waals surface area contributed by atoms with Gasteiger partial charge in [-0.25, -0.2) is 0 Å². The highest BCUT2D eigenvalue weighted by Gasteiger charge is 2.35. The molecule has 86 valence electrons. The van der Waals surface area contributed by atoms with E-state index in [4.69, 9.17) is 10.8 Å². The van der Waals surface area contributed by atoms with Gasteiger partial charge in [0.2, 0.25) is 5.91 Å². The first kappa shape index (κ1) is 12.0. The fourth-order valence-corrected chi connectivity index (χ4v) is 1.61. The Morgan fingerprint density at radius 3 is 2.53 bits per heavy atom. The molecule has 1 atom stereocenters. The third-order valence-electron chi connectivity index (χ3n) is 2.96. The molecule has 1 fully saturated rings. The van der Waals surface area contributed by atoms with Gasteiger partial charge in [0.05, 0.1) is 5.92 Å². The summed E-state index contributed by atoms with van der Waals surface area (Å²) in [5.41, 5.74) is 5.50. The van der Waals surface area contributed by atoms with E-state index in [-0.39, 0.29) is 17.7 Å². The maximum Gasteiger partial charge on any atom is 0.310 e. The highest BCUT2D eigenvalue weighted by Crippen LogP contribution is 2.18. The van der Waals surface area contributed by atoms with Crippen molar-refractivity contribution in [2.45, 2.75) is 19.8 Å². The Kier molecular flexibility index (Phi) is 4.08. The van der Waals surface area contributed by atoms with Crippen molar-refractivity contribution in [2.24, 2.45) is 17.6 Å². The summed E-state index contributed by atoms with van der Waals surface area (Å²) in [6.07, 6.45) is 1.33. The van der Waals surface area contributed by atoms with Crippen LogP contribution in [0.2, 0.25) is 0 Å². The summed E-state index contributed by atoms with van der Waals surface area (Å²) in [5, 5.41) is 8.65. The van der Waals surface area contributed by atoms with E-state index in [2.05, 4.69) is 0 Å². The summed E-state index contributed by atoms with van der Waals surface area (Å²) in [7, 11) is 0. The number of carbonyl (C=O) groups is 2. The molecule has 0 aromatic carbocycles. The Morgan fingerprint density at radius 2 is 2.13 bits per heavy atom. The highest BCUT2D eigenvalue weighted by atomic mass is 16.4. The van der Waals surface area contributed by atoms with Crippen molar-refractivity contribution < 1.29 is 14.7 Å². The fourth-order valence-electron chi connectivity index (χ4n) is 1.61. The maximum absolute atomic E-state index is 11.6. The lowest BCUT2D eigenvalue weighted by Crippen LogP contribution is -2.53. The third-order valence-corrected chi connectivity index (χ3v) is 2.96. The topological polar surface area (TPSA) is 83.6 Å². The van der Waals surface area contributed by atoms with Crippen LogP contribution in [-0.2, 0) is 9.59 Å². The van der Waals surface area contributed by atoms with Crippen molar-refractivity contribution in [1.29, 1.82) is 0 Å². The number of likely N-dealkylation sites (tertiary alicyclic amines) is 1. The van der Waals surface area contributed by atoms with E-state index < -0.39 is 5.97 Å². The summed E-state index contributed by atoms with van der Waals surface area (Å²) in [6.45, 7) is 3.23. The predicted octanol–water partition coefficient (Wildman–Crippen LogP) is -0.0956. The molecule has 0 aromatic rings. The van der Waals surface area contributed by atoms with Crippen LogP contribution >= 0.6 is 0 Å². The predicted molar refractivity (Wildman–Crippen MR) is 55.2 cm³/mol. The maximum atomic E-state index is 11.6. The first-order valence-electron chi connectivity index (χ1n) is 5.29. The molecule has 1 unspecified atom stereocenters. The van der Waals surface area contributed by atoms with Crippen molar-refractivity contribution in [3.05, 3.63) is 0 Å². The number of aliphatic carboxylic acids is 1. The zero-order valence-electron chi connectivity index (χ0n) is 8.98. The summed E-state index contributed by atoms with van der Waals surface area (Å²) in [5.74, 6) is -0.928.